The molecule has 0 aliphatic carbocycles. The zero-order valence-electron chi connectivity index (χ0n) is 16.3. The monoisotopic (exact) mass is 489 g/mol. The second-order valence-corrected chi connectivity index (χ2v) is 8.21. The van der Waals surface area contributed by atoms with E-state index in [9.17, 15) is 14.9 Å². The molecule has 1 amide bonds. The van der Waals surface area contributed by atoms with E-state index in [2.05, 4.69) is 10.3 Å². The van der Waals surface area contributed by atoms with E-state index in [1.807, 2.05) is 0 Å². The molecule has 2 heterocycles. The molecule has 0 atom stereocenters. The van der Waals surface area contributed by atoms with Gasteiger partial charge in [-0.05, 0) is 42.1 Å². The van der Waals surface area contributed by atoms with Crippen LogP contribution >= 0.6 is 35.0 Å². The summed E-state index contributed by atoms with van der Waals surface area (Å²) in [5.74, 6) is 0.816. The van der Waals surface area contributed by atoms with Crippen LogP contribution in [0.15, 0.2) is 62.8 Å². The Morgan fingerprint density at radius 1 is 1.22 bits per heavy atom. The van der Waals surface area contributed by atoms with Gasteiger partial charge in [-0.1, -0.05) is 29.3 Å². The number of nitrogens with zero attached hydrogens (tertiary/aromatic N) is 2. The maximum absolute atomic E-state index is 12.4. The molecule has 4 rings (SSSR count). The van der Waals surface area contributed by atoms with E-state index in [-0.39, 0.29) is 16.6 Å². The Kier molecular flexibility index (Phi) is 6.22. The highest BCUT2D eigenvalue weighted by atomic mass is 35.5. The van der Waals surface area contributed by atoms with Crippen molar-refractivity contribution in [2.24, 2.45) is 4.99 Å². The maximum Gasteiger partial charge on any atom is 0.270 e. The number of nitro benzene ring substituents is 1. The number of hydrogen-bond donors (Lipinski definition) is 1. The summed E-state index contributed by atoms with van der Waals surface area (Å²) in [5.41, 5.74) is 0.761. The van der Waals surface area contributed by atoms with Gasteiger partial charge in [-0.2, -0.15) is 0 Å². The fourth-order valence-corrected chi connectivity index (χ4v) is 4.03. The number of thioether (sulfide) groups is 1. The fraction of sp³-hybridized carbons (Fsp3) is 0.0476. The van der Waals surface area contributed by atoms with Crippen molar-refractivity contribution in [3.8, 4) is 17.1 Å². The zero-order valence-corrected chi connectivity index (χ0v) is 18.6. The molecule has 1 aliphatic heterocycles. The lowest BCUT2D eigenvalue weighted by Gasteiger charge is -2.05. The van der Waals surface area contributed by atoms with Crippen molar-refractivity contribution in [2.75, 3.05) is 7.11 Å². The minimum atomic E-state index is -0.499. The molecule has 0 radical (unpaired) electrons. The lowest BCUT2D eigenvalue weighted by Crippen LogP contribution is -2.19. The largest absolute Gasteiger partial charge is 0.496 e. The number of hydrogen-bond acceptors (Lipinski definition) is 7. The average molecular weight is 490 g/mol. The molecular formula is C21H13Cl2N3O5S. The van der Waals surface area contributed by atoms with E-state index in [1.165, 1.54) is 25.3 Å². The summed E-state index contributed by atoms with van der Waals surface area (Å²) in [6.07, 6.45) is 1.55. The van der Waals surface area contributed by atoms with Gasteiger partial charge in [-0.3, -0.25) is 14.9 Å². The van der Waals surface area contributed by atoms with Gasteiger partial charge in [0.1, 0.15) is 17.3 Å². The first kappa shape index (κ1) is 21.9. The van der Waals surface area contributed by atoms with Crippen LogP contribution in [0, 0.1) is 10.1 Å². The lowest BCUT2D eigenvalue weighted by atomic mass is 10.1. The van der Waals surface area contributed by atoms with Gasteiger partial charge in [-0.15, -0.1) is 0 Å². The zero-order chi connectivity index (χ0) is 22.8. The van der Waals surface area contributed by atoms with E-state index < -0.39 is 4.92 Å². The van der Waals surface area contributed by atoms with Gasteiger partial charge < -0.3 is 14.5 Å². The molecule has 32 heavy (non-hydrogen) atoms. The number of amidine groups is 1. The van der Waals surface area contributed by atoms with Gasteiger partial charge in [0.25, 0.3) is 11.6 Å². The highest BCUT2D eigenvalue weighted by Crippen LogP contribution is 2.37. The van der Waals surface area contributed by atoms with Gasteiger partial charge in [0.15, 0.2) is 5.17 Å². The molecule has 2 aromatic carbocycles. The Labute approximate surface area is 196 Å². The van der Waals surface area contributed by atoms with Gasteiger partial charge >= 0.3 is 0 Å². The number of nitrogens with one attached hydrogen (secondary N) is 1. The quantitative estimate of drug-likeness (QED) is 0.265. The number of carbonyl (C=O) groups is 1. The Morgan fingerprint density at radius 2 is 2.03 bits per heavy atom. The Bertz CT molecular complexity index is 1300. The first-order valence-electron chi connectivity index (χ1n) is 9.02. The van der Waals surface area contributed by atoms with E-state index in [0.29, 0.717) is 43.6 Å². The predicted octanol–water partition coefficient (Wildman–Crippen LogP) is 6.06. The Hall–Kier alpha value is -3.27. The highest BCUT2D eigenvalue weighted by Gasteiger charge is 2.25. The topological polar surface area (TPSA) is 107 Å². The molecule has 1 aliphatic rings. The maximum atomic E-state index is 12.4. The van der Waals surface area contributed by atoms with E-state index in [0.717, 1.165) is 11.8 Å². The molecule has 0 unspecified atom stereocenters. The van der Waals surface area contributed by atoms with Gasteiger partial charge in [0, 0.05) is 18.2 Å². The number of non-ortho nitro benzene ring substituents is 1. The molecular weight excluding hydrogens is 477 g/mol. The molecule has 0 bridgehead atoms. The molecule has 11 heteroatoms. The number of furan rings is 1. The molecule has 3 aromatic rings. The van der Waals surface area contributed by atoms with Crippen LogP contribution in [0.3, 0.4) is 0 Å². The summed E-state index contributed by atoms with van der Waals surface area (Å²) in [6.45, 7) is 0. The number of ether oxygens (including phenoxy) is 1. The molecule has 0 spiro atoms. The second-order valence-electron chi connectivity index (χ2n) is 6.40. The van der Waals surface area contributed by atoms with Crippen molar-refractivity contribution in [1.82, 2.24) is 5.32 Å². The minimum Gasteiger partial charge on any atom is -0.496 e. The van der Waals surface area contributed by atoms with Crippen LogP contribution in [0.2, 0.25) is 10.0 Å². The Morgan fingerprint density at radius 3 is 2.78 bits per heavy atom. The summed E-state index contributed by atoms with van der Waals surface area (Å²) in [5, 5.41) is 14.8. The second kappa shape index (κ2) is 9.07. The van der Waals surface area contributed by atoms with E-state index in [1.54, 1.807) is 36.4 Å². The van der Waals surface area contributed by atoms with Gasteiger partial charge in [0.2, 0.25) is 0 Å². The molecule has 1 fully saturated rings. The summed E-state index contributed by atoms with van der Waals surface area (Å²) < 4.78 is 11.1. The van der Waals surface area contributed by atoms with Crippen molar-refractivity contribution >= 4 is 63.5 Å². The van der Waals surface area contributed by atoms with Crippen LogP contribution in [0.5, 0.6) is 5.75 Å². The number of carbonyl (C=O) groups excluding carboxylic acids is 1. The first-order chi connectivity index (χ1) is 15.4. The predicted molar refractivity (Wildman–Crippen MR) is 125 cm³/mol. The third kappa shape index (κ3) is 4.50. The number of benzene rings is 2. The van der Waals surface area contributed by atoms with Gasteiger partial charge in [-0.25, -0.2) is 4.99 Å². The number of nitro groups is 1. The number of aliphatic imine (C=N–C) groups is 1. The molecule has 162 valence electrons. The summed E-state index contributed by atoms with van der Waals surface area (Å²) >= 11 is 13.3. The van der Waals surface area contributed by atoms with Gasteiger partial charge in [0.05, 0.1) is 38.2 Å². The third-order valence-electron chi connectivity index (χ3n) is 4.36. The average Bonchev–Trinajstić information content (AvgIpc) is 3.37. The third-order valence-corrected chi connectivity index (χ3v) is 6.08. The number of methoxy groups -OCH3 is 1. The molecule has 8 nitrogen and oxygen atoms in total. The lowest BCUT2D eigenvalue weighted by molar-refractivity contribution is -0.384. The van der Waals surface area contributed by atoms with Crippen molar-refractivity contribution in [1.29, 1.82) is 0 Å². The smallest absolute Gasteiger partial charge is 0.270 e. The number of halogens is 2. The molecule has 1 saturated heterocycles. The van der Waals surface area contributed by atoms with Crippen molar-refractivity contribution in [2.45, 2.75) is 0 Å². The number of amides is 1. The van der Waals surface area contributed by atoms with E-state index in [4.69, 9.17) is 32.4 Å². The Balaban J connectivity index is 1.61. The SMILES string of the molecule is COc1ccc([N+](=O)[O-])cc1-c1ccc(/C=C2/SC(=Nc3cccc(Cl)c3Cl)NC2=O)o1. The first-order valence-corrected chi connectivity index (χ1v) is 10.6. The minimum absolute atomic E-state index is 0.0941. The fourth-order valence-electron chi connectivity index (χ4n) is 2.88. The molecule has 0 saturated carbocycles. The van der Waals surface area contributed by atoms with Crippen molar-refractivity contribution in [3.63, 3.8) is 0 Å². The summed E-state index contributed by atoms with van der Waals surface area (Å²) in [4.78, 5) is 27.7. The summed E-state index contributed by atoms with van der Waals surface area (Å²) in [7, 11) is 1.46. The molecule has 1 aromatic heterocycles. The van der Waals surface area contributed by atoms with Crippen LogP contribution in [0.25, 0.3) is 17.4 Å². The van der Waals surface area contributed by atoms with Crippen LogP contribution in [-0.4, -0.2) is 23.1 Å². The van der Waals surface area contributed by atoms with Crippen LogP contribution in [0.1, 0.15) is 5.76 Å². The normalized spacial score (nSPS) is 15.9. The number of rotatable bonds is 5. The van der Waals surface area contributed by atoms with E-state index >= 15 is 0 Å². The highest BCUT2D eigenvalue weighted by molar-refractivity contribution is 8.18. The van der Waals surface area contributed by atoms with Crippen molar-refractivity contribution in [3.05, 3.63) is 79.4 Å². The summed E-state index contributed by atoms with van der Waals surface area (Å²) in [6, 6.07) is 12.5. The van der Waals surface area contributed by atoms with Crippen LogP contribution in [-0.2, 0) is 4.79 Å². The van der Waals surface area contributed by atoms with Crippen molar-refractivity contribution < 1.29 is 18.9 Å². The molecule has 1 N–H and O–H groups in total. The standard InChI is InChI=1S/C21H13Cl2N3O5S/c1-30-16-7-5-11(26(28)29)9-13(16)17-8-6-12(31-17)10-18-20(27)25-21(32-18)24-15-4-2-3-14(22)19(15)23/h2-10H,1H3,(H,24,25,27)/b18-10+. The van der Waals surface area contributed by atoms with Crippen LogP contribution < -0.4 is 10.1 Å². The van der Waals surface area contributed by atoms with Crippen LogP contribution in [0.4, 0.5) is 11.4 Å².